The Bertz CT molecular complexity index is 806. The molecule has 0 spiro atoms. The number of ether oxygens (including phenoxy) is 2. The summed E-state index contributed by atoms with van der Waals surface area (Å²) in [7, 11) is -3.64. The normalized spacial score (nSPS) is 11.4. The zero-order chi connectivity index (χ0) is 18.4. The van der Waals surface area contributed by atoms with E-state index in [0.717, 1.165) is 0 Å². The van der Waals surface area contributed by atoms with E-state index in [1.807, 2.05) is 20.8 Å². The SMILES string of the molecule is CCCC(=O)Oc1ccc(S(=O)(=O)c2ccc(OC(C)C)cc2)cc1. The summed E-state index contributed by atoms with van der Waals surface area (Å²) in [6, 6.07) is 12.1. The molecule has 0 N–H and O–H groups in total. The smallest absolute Gasteiger partial charge is 0.311 e. The molecule has 6 heteroatoms. The van der Waals surface area contributed by atoms with Crippen LogP contribution in [0.3, 0.4) is 0 Å². The molecule has 0 amide bonds. The molecule has 0 saturated carbocycles. The molecule has 0 heterocycles. The van der Waals surface area contributed by atoms with Crippen LogP contribution in [0.4, 0.5) is 0 Å². The number of hydrogen-bond acceptors (Lipinski definition) is 5. The number of carbonyl (C=O) groups is 1. The lowest BCUT2D eigenvalue weighted by molar-refractivity contribution is -0.134. The summed E-state index contributed by atoms with van der Waals surface area (Å²) in [6.07, 6.45) is 1.04. The summed E-state index contributed by atoms with van der Waals surface area (Å²) in [4.78, 5) is 11.8. The Morgan fingerprint density at radius 2 is 1.40 bits per heavy atom. The average molecular weight is 362 g/mol. The Kier molecular flexibility index (Phi) is 6.20. The molecule has 0 aliphatic rings. The first-order chi connectivity index (χ1) is 11.8. The van der Waals surface area contributed by atoms with Crippen LogP contribution < -0.4 is 9.47 Å². The van der Waals surface area contributed by atoms with Crippen LogP contribution in [0.25, 0.3) is 0 Å². The van der Waals surface area contributed by atoms with Crippen LogP contribution in [-0.2, 0) is 14.6 Å². The van der Waals surface area contributed by atoms with E-state index >= 15 is 0 Å². The highest BCUT2D eigenvalue weighted by atomic mass is 32.2. The quantitative estimate of drug-likeness (QED) is 0.550. The average Bonchev–Trinajstić information content (AvgIpc) is 2.55. The Morgan fingerprint density at radius 3 is 1.84 bits per heavy atom. The van der Waals surface area contributed by atoms with Crippen molar-refractivity contribution in [1.82, 2.24) is 0 Å². The number of sulfone groups is 1. The third kappa shape index (κ3) is 5.06. The van der Waals surface area contributed by atoms with Gasteiger partial charge in [-0.15, -0.1) is 0 Å². The standard InChI is InChI=1S/C19H22O5S/c1-4-5-19(20)24-16-8-12-18(13-9-16)25(21,22)17-10-6-15(7-11-17)23-14(2)3/h6-14H,4-5H2,1-3H3. The minimum Gasteiger partial charge on any atom is -0.491 e. The molecule has 0 aliphatic heterocycles. The third-order valence-electron chi connectivity index (χ3n) is 3.33. The van der Waals surface area contributed by atoms with Crippen LogP contribution in [0.2, 0.25) is 0 Å². The zero-order valence-corrected chi connectivity index (χ0v) is 15.4. The molecule has 0 radical (unpaired) electrons. The maximum absolute atomic E-state index is 12.7. The van der Waals surface area contributed by atoms with Gasteiger partial charge in [0, 0.05) is 6.42 Å². The summed E-state index contributed by atoms with van der Waals surface area (Å²) in [5, 5.41) is 0. The number of carbonyl (C=O) groups excluding carboxylic acids is 1. The number of rotatable bonds is 7. The van der Waals surface area contributed by atoms with Crippen molar-refractivity contribution in [2.24, 2.45) is 0 Å². The minimum atomic E-state index is -3.64. The predicted octanol–water partition coefficient (Wildman–Crippen LogP) is 4.01. The van der Waals surface area contributed by atoms with E-state index in [4.69, 9.17) is 9.47 Å². The van der Waals surface area contributed by atoms with Gasteiger partial charge in [0.25, 0.3) is 0 Å². The predicted molar refractivity (Wildman–Crippen MR) is 94.6 cm³/mol. The first kappa shape index (κ1) is 19.0. The van der Waals surface area contributed by atoms with Crippen molar-refractivity contribution in [2.45, 2.75) is 49.5 Å². The molecular formula is C19H22O5S. The van der Waals surface area contributed by atoms with Crippen LogP contribution in [0, 0.1) is 0 Å². The molecule has 2 aromatic carbocycles. The molecule has 0 atom stereocenters. The first-order valence-electron chi connectivity index (χ1n) is 8.15. The zero-order valence-electron chi connectivity index (χ0n) is 14.6. The molecule has 25 heavy (non-hydrogen) atoms. The van der Waals surface area contributed by atoms with Gasteiger partial charge in [-0.1, -0.05) is 6.92 Å². The molecule has 0 aromatic heterocycles. The summed E-state index contributed by atoms with van der Waals surface area (Å²) in [5.41, 5.74) is 0. The van der Waals surface area contributed by atoms with Crippen LogP contribution in [0.1, 0.15) is 33.6 Å². The molecule has 0 fully saturated rings. The number of benzene rings is 2. The van der Waals surface area contributed by atoms with Gasteiger partial charge >= 0.3 is 5.97 Å². The Balaban J connectivity index is 2.17. The van der Waals surface area contributed by atoms with Crippen LogP contribution in [0.5, 0.6) is 11.5 Å². The fourth-order valence-corrected chi connectivity index (χ4v) is 3.44. The molecule has 134 valence electrons. The first-order valence-corrected chi connectivity index (χ1v) is 9.64. The maximum Gasteiger partial charge on any atom is 0.311 e. The van der Waals surface area contributed by atoms with Gasteiger partial charge in [0.1, 0.15) is 11.5 Å². The van der Waals surface area contributed by atoms with Gasteiger partial charge in [0.2, 0.25) is 9.84 Å². The highest BCUT2D eigenvalue weighted by Gasteiger charge is 2.18. The van der Waals surface area contributed by atoms with Gasteiger partial charge in [-0.3, -0.25) is 4.79 Å². The second kappa shape index (κ2) is 8.16. The molecule has 0 unspecified atom stereocenters. The van der Waals surface area contributed by atoms with Crippen LogP contribution in [-0.4, -0.2) is 20.5 Å². The lowest BCUT2D eigenvalue weighted by atomic mass is 10.3. The largest absolute Gasteiger partial charge is 0.491 e. The van der Waals surface area contributed by atoms with Crippen LogP contribution in [0.15, 0.2) is 58.3 Å². The van der Waals surface area contributed by atoms with Crippen molar-refractivity contribution in [3.05, 3.63) is 48.5 Å². The minimum absolute atomic E-state index is 0.0189. The van der Waals surface area contributed by atoms with E-state index < -0.39 is 9.84 Å². The Morgan fingerprint density at radius 1 is 0.920 bits per heavy atom. The van der Waals surface area contributed by atoms with Gasteiger partial charge in [-0.25, -0.2) is 8.42 Å². The summed E-state index contributed by atoms with van der Waals surface area (Å²) >= 11 is 0. The van der Waals surface area contributed by atoms with E-state index in [-0.39, 0.29) is 21.9 Å². The Labute approximate surface area is 148 Å². The van der Waals surface area contributed by atoms with E-state index in [1.165, 1.54) is 36.4 Å². The van der Waals surface area contributed by atoms with Crippen molar-refractivity contribution >= 4 is 15.8 Å². The van der Waals surface area contributed by atoms with Crippen molar-refractivity contribution < 1.29 is 22.7 Å². The van der Waals surface area contributed by atoms with Crippen LogP contribution >= 0.6 is 0 Å². The number of esters is 1. The lowest BCUT2D eigenvalue weighted by Crippen LogP contribution is -2.07. The van der Waals surface area contributed by atoms with Crippen molar-refractivity contribution in [1.29, 1.82) is 0 Å². The lowest BCUT2D eigenvalue weighted by Gasteiger charge is -2.10. The van der Waals surface area contributed by atoms with Gasteiger partial charge in [-0.05, 0) is 68.8 Å². The van der Waals surface area contributed by atoms with Gasteiger partial charge < -0.3 is 9.47 Å². The van der Waals surface area contributed by atoms with E-state index in [0.29, 0.717) is 24.3 Å². The molecule has 5 nitrogen and oxygen atoms in total. The monoisotopic (exact) mass is 362 g/mol. The maximum atomic E-state index is 12.7. The summed E-state index contributed by atoms with van der Waals surface area (Å²) < 4.78 is 36.0. The molecule has 0 bridgehead atoms. The topological polar surface area (TPSA) is 69.7 Å². The summed E-state index contributed by atoms with van der Waals surface area (Å²) in [5.74, 6) is 0.615. The van der Waals surface area contributed by atoms with E-state index in [1.54, 1.807) is 12.1 Å². The highest BCUT2D eigenvalue weighted by Crippen LogP contribution is 2.25. The molecule has 2 rings (SSSR count). The van der Waals surface area contributed by atoms with Gasteiger partial charge in [-0.2, -0.15) is 0 Å². The van der Waals surface area contributed by atoms with E-state index in [9.17, 15) is 13.2 Å². The van der Waals surface area contributed by atoms with Gasteiger partial charge in [0.05, 0.1) is 15.9 Å². The Hall–Kier alpha value is -2.34. The molecule has 0 aliphatic carbocycles. The molecule has 0 saturated heterocycles. The fourth-order valence-electron chi connectivity index (χ4n) is 2.18. The highest BCUT2D eigenvalue weighted by molar-refractivity contribution is 7.91. The third-order valence-corrected chi connectivity index (χ3v) is 5.11. The second-order valence-electron chi connectivity index (χ2n) is 5.84. The second-order valence-corrected chi connectivity index (χ2v) is 7.79. The van der Waals surface area contributed by atoms with Crippen molar-refractivity contribution in [2.75, 3.05) is 0 Å². The van der Waals surface area contributed by atoms with Gasteiger partial charge in [0.15, 0.2) is 0 Å². The molecular weight excluding hydrogens is 340 g/mol. The van der Waals surface area contributed by atoms with Crippen molar-refractivity contribution in [3.63, 3.8) is 0 Å². The molecule has 2 aromatic rings. The van der Waals surface area contributed by atoms with Crippen molar-refractivity contribution in [3.8, 4) is 11.5 Å². The van der Waals surface area contributed by atoms with E-state index in [2.05, 4.69) is 0 Å². The summed E-state index contributed by atoms with van der Waals surface area (Å²) in [6.45, 7) is 5.69. The number of hydrogen-bond donors (Lipinski definition) is 0. The fraction of sp³-hybridized carbons (Fsp3) is 0.316.